The lowest BCUT2D eigenvalue weighted by Gasteiger charge is -2.24. The van der Waals surface area contributed by atoms with Crippen molar-refractivity contribution in [2.45, 2.75) is 79.2 Å². The summed E-state index contributed by atoms with van der Waals surface area (Å²) >= 11 is 1.80. The fraction of sp³-hybridized carbons (Fsp3) is 0.517. The average molecular weight is 511 g/mol. The zero-order valence-electron chi connectivity index (χ0n) is 22.1. The van der Waals surface area contributed by atoms with Crippen molar-refractivity contribution in [3.63, 3.8) is 0 Å². The van der Waals surface area contributed by atoms with Gasteiger partial charge in [-0.2, -0.15) is 0 Å². The normalized spacial score (nSPS) is 12.0. The van der Waals surface area contributed by atoms with Gasteiger partial charge in [-0.3, -0.25) is 0 Å². The van der Waals surface area contributed by atoms with E-state index in [4.69, 9.17) is 4.98 Å². The number of benzene rings is 1. The minimum atomic E-state index is 0.268. The van der Waals surface area contributed by atoms with Gasteiger partial charge in [-0.25, -0.2) is 10.4 Å². The van der Waals surface area contributed by atoms with Gasteiger partial charge in [0.2, 0.25) is 0 Å². The summed E-state index contributed by atoms with van der Waals surface area (Å²) < 4.78 is 2.47. The van der Waals surface area contributed by atoms with Crippen molar-refractivity contribution in [3.05, 3.63) is 52.6 Å². The first kappa shape index (κ1) is 27.6. The summed E-state index contributed by atoms with van der Waals surface area (Å²) in [6.45, 7) is 15.0. The largest absolute Gasteiger partial charge is 0.345 e. The van der Waals surface area contributed by atoms with Crippen molar-refractivity contribution in [2.24, 2.45) is 5.41 Å². The summed E-state index contributed by atoms with van der Waals surface area (Å²) in [7, 11) is 1.24. The highest BCUT2D eigenvalue weighted by atomic mass is 32.1. The SMILES string of the molecule is C=CNNCCCCCCc1nc(-c2ccc3c(c2)c(CC(C)(C)CCP=C)c(C)n3CC)cs1. The second-order valence-electron chi connectivity index (χ2n) is 10.1. The number of hydrogen-bond donors (Lipinski definition) is 2. The van der Waals surface area contributed by atoms with Gasteiger partial charge in [-0.1, -0.05) is 45.6 Å². The molecule has 0 atom stereocenters. The van der Waals surface area contributed by atoms with Crippen LogP contribution in [0.1, 0.15) is 69.1 Å². The molecule has 2 heterocycles. The molecule has 0 radical (unpaired) electrons. The molecule has 2 N–H and O–H groups in total. The predicted octanol–water partition coefficient (Wildman–Crippen LogP) is 7.77. The monoisotopic (exact) mass is 510 g/mol. The van der Waals surface area contributed by atoms with E-state index in [-0.39, 0.29) is 5.41 Å². The highest BCUT2D eigenvalue weighted by Crippen LogP contribution is 2.36. The molecule has 1 aromatic carbocycles. The summed E-state index contributed by atoms with van der Waals surface area (Å²) in [6, 6.07) is 6.96. The van der Waals surface area contributed by atoms with E-state index in [0.29, 0.717) is 0 Å². The van der Waals surface area contributed by atoms with E-state index in [0.717, 1.165) is 37.8 Å². The minimum Gasteiger partial charge on any atom is -0.345 e. The van der Waals surface area contributed by atoms with E-state index in [2.05, 4.69) is 79.6 Å². The number of hydrazine groups is 1. The van der Waals surface area contributed by atoms with E-state index >= 15 is 0 Å². The number of aromatic nitrogens is 2. The molecule has 0 saturated heterocycles. The number of thiazole rings is 1. The van der Waals surface area contributed by atoms with Gasteiger partial charge in [0.25, 0.3) is 0 Å². The number of rotatable bonds is 16. The first-order valence-corrected chi connectivity index (χ1v) is 15.1. The van der Waals surface area contributed by atoms with E-state index in [9.17, 15) is 0 Å². The molecule has 2 aromatic heterocycles. The highest BCUT2D eigenvalue weighted by Gasteiger charge is 2.23. The summed E-state index contributed by atoms with van der Waals surface area (Å²) in [5, 5.41) is 4.89. The predicted molar refractivity (Wildman–Crippen MR) is 158 cm³/mol. The summed E-state index contributed by atoms with van der Waals surface area (Å²) in [6.07, 6.45) is 15.1. The van der Waals surface area contributed by atoms with Crippen LogP contribution in [0.2, 0.25) is 0 Å². The quantitative estimate of drug-likeness (QED) is 0.117. The molecule has 0 bridgehead atoms. The molecule has 35 heavy (non-hydrogen) atoms. The Morgan fingerprint density at radius 2 is 2.00 bits per heavy atom. The molecule has 0 saturated carbocycles. The Labute approximate surface area is 218 Å². The number of nitrogens with zero attached hydrogens (tertiary/aromatic N) is 2. The lowest BCUT2D eigenvalue weighted by molar-refractivity contribution is 0.352. The molecule has 0 amide bonds. The third-order valence-corrected chi connectivity index (χ3v) is 8.31. The molecule has 0 spiro atoms. The molecule has 190 valence electrons. The third kappa shape index (κ3) is 7.52. The van der Waals surface area contributed by atoms with Crippen molar-refractivity contribution >= 4 is 36.7 Å². The van der Waals surface area contributed by atoms with E-state index in [1.165, 1.54) is 73.0 Å². The molecule has 0 fully saturated rings. The van der Waals surface area contributed by atoms with Gasteiger partial charge in [0.1, 0.15) is 0 Å². The summed E-state index contributed by atoms with van der Waals surface area (Å²) in [5.74, 6) is 0. The molecular formula is C29H43N4PS. The lowest BCUT2D eigenvalue weighted by Crippen LogP contribution is -2.27. The number of fused-ring (bicyclic) bond motifs is 1. The molecule has 0 aliphatic rings. The van der Waals surface area contributed by atoms with Gasteiger partial charge in [0.15, 0.2) is 0 Å². The van der Waals surface area contributed by atoms with E-state index < -0.39 is 0 Å². The first-order valence-electron chi connectivity index (χ1n) is 13.0. The zero-order valence-corrected chi connectivity index (χ0v) is 23.8. The van der Waals surface area contributed by atoms with Crippen LogP contribution in [0.5, 0.6) is 0 Å². The van der Waals surface area contributed by atoms with Crippen LogP contribution >= 0.6 is 19.5 Å². The molecule has 0 aliphatic heterocycles. The highest BCUT2D eigenvalue weighted by molar-refractivity contribution is 7.36. The van der Waals surface area contributed by atoms with Gasteiger partial charge in [0.05, 0.1) is 10.7 Å². The Bertz CT molecular complexity index is 1110. The number of hydrogen-bond acceptors (Lipinski definition) is 4. The Hall–Kier alpha value is -1.94. The molecule has 0 aliphatic carbocycles. The van der Waals surface area contributed by atoms with Gasteiger partial charge in [-0.05, 0) is 75.2 Å². The first-order chi connectivity index (χ1) is 16.9. The zero-order chi connectivity index (χ0) is 25.3. The van der Waals surface area contributed by atoms with E-state index in [1.54, 1.807) is 17.5 Å². The van der Waals surface area contributed by atoms with E-state index in [1.807, 2.05) is 0 Å². The molecular weight excluding hydrogens is 467 g/mol. The minimum absolute atomic E-state index is 0.268. The maximum Gasteiger partial charge on any atom is 0.0932 e. The van der Waals surface area contributed by atoms with Crippen LogP contribution in [0.25, 0.3) is 22.2 Å². The van der Waals surface area contributed by atoms with Crippen LogP contribution in [0.15, 0.2) is 36.4 Å². The van der Waals surface area contributed by atoms with Crippen LogP contribution in [-0.4, -0.2) is 28.6 Å². The smallest absolute Gasteiger partial charge is 0.0932 e. The van der Waals surface area contributed by atoms with Crippen LogP contribution < -0.4 is 10.9 Å². The molecule has 3 rings (SSSR count). The van der Waals surface area contributed by atoms with Crippen LogP contribution in [0.4, 0.5) is 0 Å². The Kier molecular flexibility index (Phi) is 10.6. The molecule has 6 heteroatoms. The van der Waals surface area contributed by atoms with Crippen molar-refractivity contribution in [1.82, 2.24) is 20.4 Å². The maximum atomic E-state index is 5.01. The number of unbranched alkanes of at least 4 members (excludes halogenated alkanes) is 3. The Morgan fingerprint density at radius 3 is 2.74 bits per heavy atom. The van der Waals surface area contributed by atoms with Crippen LogP contribution in [-0.2, 0) is 19.4 Å². The van der Waals surface area contributed by atoms with Gasteiger partial charge in [0, 0.05) is 46.8 Å². The second-order valence-corrected chi connectivity index (χ2v) is 12.0. The maximum absolute atomic E-state index is 5.01. The van der Waals surface area contributed by atoms with Crippen LogP contribution in [0, 0.1) is 12.3 Å². The van der Waals surface area contributed by atoms with Crippen molar-refractivity contribution in [1.29, 1.82) is 0 Å². The van der Waals surface area contributed by atoms with Crippen LogP contribution in [0.3, 0.4) is 0 Å². The lowest BCUT2D eigenvalue weighted by atomic mass is 9.82. The van der Waals surface area contributed by atoms with Crippen molar-refractivity contribution < 1.29 is 0 Å². The summed E-state index contributed by atoms with van der Waals surface area (Å²) in [5.41, 5.74) is 12.9. The number of aryl methyl sites for hydroxylation is 2. The third-order valence-electron chi connectivity index (χ3n) is 6.87. The molecule has 0 unspecified atom stereocenters. The topological polar surface area (TPSA) is 41.9 Å². The summed E-state index contributed by atoms with van der Waals surface area (Å²) in [4.78, 5) is 5.01. The number of nitrogens with one attached hydrogen (secondary N) is 2. The fourth-order valence-electron chi connectivity index (χ4n) is 4.84. The fourth-order valence-corrected chi connectivity index (χ4v) is 6.45. The Morgan fingerprint density at radius 1 is 1.20 bits per heavy atom. The van der Waals surface area contributed by atoms with Crippen molar-refractivity contribution in [3.8, 4) is 11.3 Å². The molecule has 4 nitrogen and oxygen atoms in total. The molecule has 3 aromatic rings. The van der Waals surface area contributed by atoms with Gasteiger partial charge >= 0.3 is 0 Å². The second kappa shape index (κ2) is 13.4. The van der Waals surface area contributed by atoms with Crippen molar-refractivity contribution in [2.75, 3.05) is 12.7 Å². The standard InChI is InChI=1S/C29H43N4PS/c1-7-30-31-17-12-10-9-11-13-28-32-26(21-35-28)23-14-15-27-24(19-23)25(22(3)33(27)8-2)20-29(4,5)16-18-34-6/h7,14-15,19,21,30-31H,1,6,8-13,16-18,20H2,2-5H3. The van der Waals surface area contributed by atoms with Gasteiger partial charge < -0.3 is 9.99 Å². The average Bonchev–Trinajstić information content (AvgIpc) is 3.41. The Balaban J connectivity index is 1.72. The van der Waals surface area contributed by atoms with Gasteiger partial charge in [-0.15, -0.1) is 19.5 Å².